The van der Waals surface area contributed by atoms with Crippen molar-refractivity contribution in [3.8, 4) is 0 Å². The number of nitrogens with one attached hydrogen (secondary N) is 1. The minimum Gasteiger partial charge on any atom is -0.398 e. The molecule has 0 aliphatic rings. The van der Waals surface area contributed by atoms with Gasteiger partial charge in [0.2, 0.25) is 11.8 Å². The summed E-state index contributed by atoms with van der Waals surface area (Å²) in [4.78, 5) is 35.2. The zero-order chi connectivity index (χ0) is 16.0. The van der Waals surface area contributed by atoms with E-state index < -0.39 is 23.9 Å². The number of nitrogens with zero attached hydrogens (tertiary/aromatic N) is 1. The van der Waals surface area contributed by atoms with Crippen LogP contribution in [0.1, 0.15) is 12.5 Å². The molecular formula is C13H19N5O3. The molecule has 0 radical (unpaired) electrons. The van der Waals surface area contributed by atoms with Crippen LogP contribution >= 0.6 is 0 Å². The normalized spacial score (nSPS) is 11.9. The maximum Gasteiger partial charge on any atom is 0.318 e. The van der Waals surface area contributed by atoms with Gasteiger partial charge in [-0.15, -0.1) is 0 Å². The summed E-state index contributed by atoms with van der Waals surface area (Å²) in [5, 5.41) is 1.97. The van der Waals surface area contributed by atoms with Crippen LogP contribution in [0.15, 0.2) is 24.3 Å². The Labute approximate surface area is 122 Å². The van der Waals surface area contributed by atoms with Crippen LogP contribution in [0, 0.1) is 0 Å². The van der Waals surface area contributed by atoms with E-state index in [4.69, 9.17) is 17.2 Å². The summed E-state index contributed by atoms with van der Waals surface area (Å²) >= 11 is 0. The van der Waals surface area contributed by atoms with Gasteiger partial charge in [0.1, 0.15) is 0 Å². The monoisotopic (exact) mass is 293 g/mol. The van der Waals surface area contributed by atoms with Crippen LogP contribution in [0.4, 0.5) is 10.5 Å². The number of hydrogen-bond acceptors (Lipinski definition) is 5. The standard InChI is InChI=1S/C13H19N5O3/c1-8(12(20)17-13(16)21)18(7-11(15)19)6-9-4-2-3-5-10(9)14/h2-5,8H,6-7,14H2,1H3,(H2,15,19)(H3,16,17,20,21). The summed E-state index contributed by atoms with van der Waals surface area (Å²) in [7, 11) is 0. The second-order valence-corrected chi connectivity index (χ2v) is 4.60. The summed E-state index contributed by atoms with van der Waals surface area (Å²) in [6.45, 7) is 1.63. The lowest BCUT2D eigenvalue weighted by atomic mass is 10.1. The predicted molar refractivity (Wildman–Crippen MR) is 77.6 cm³/mol. The van der Waals surface area contributed by atoms with Gasteiger partial charge in [-0.1, -0.05) is 18.2 Å². The largest absolute Gasteiger partial charge is 0.398 e. The van der Waals surface area contributed by atoms with Crippen molar-refractivity contribution in [3.63, 3.8) is 0 Å². The Balaban J connectivity index is 2.90. The Morgan fingerprint density at radius 2 is 1.86 bits per heavy atom. The van der Waals surface area contributed by atoms with Gasteiger partial charge in [0.15, 0.2) is 0 Å². The number of rotatable bonds is 6. The molecule has 0 saturated carbocycles. The minimum absolute atomic E-state index is 0.151. The molecule has 0 aromatic heterocycles. The second kappa shape index (κ2) is 7.25. The molecule has 0 saturated heterocycles. The molecule has 0 heterocycles. The number of urea groups is 1. The van der Waals surface area contributed by atoms with Crippen molar-refractivity contribution in [1.29, 1.82) is 0 Å². The minimum atomic E-state index is -0.954. The molecule has 21 heavy (non-hydrogen) atoms. The van der Waals surface area contributed by atoms with Gasteiger partial charge in [-0.3, -0.25) is 19.8 Å². The maximum absolute atomic E-state index is 11.8. The van der Waals surface area contributed by atoms with Crippen molar-refractivity contribution in [2.45, 2.75) is 19.5 Å². The Hall–Kier alpha value is -2.61. The third-order valence-electron chi connectivity index (χ3n) is 2.96. The SMILES string of the molecule is CC(C(=O)NC(N)=O)N(CC(N)=O)Cc1ccccc1N. The van der Waals surface area contributed by atoms with Gasteiger partial charge in [-0.25, -0.2) is 4.79 Å². The summed E-state index contributed by atoms with van der Waals surface area (Å²) < 4.78 is 0. The first-order valence-electron chi connectivity index (χ1n) is 6.27. The van der Waals surface area contributed by atoms with Crippen LogP contribution in [0.25, 0.3) is 0 Å². The van der Waals surface area contributed by atoms with Crippen LogP contribution in [-0.2, 0) is 16.1 Å². The molecule has 8 heteroatoms. The lowest BCUT2D eigenvalue weighted by molar-refractivity contribution is -0.126. The highest BCUT2D eigenvalue weighted by Gasteiger charge is 2.24. The Bertz CT molecular complexity index is 546. The number of amides is 4. The molecule has 0 spiro atoms. The smallest absolute Gasteiger partial charge is 0.318 e. The molecular weight excluding hydrogens is 274 g/mol. The molecule has 8 nitrogen and oxygen atoms in total. The van der Waals surface area contributed by atoms with Crippen LogP contribution in [0.3, 0.4) is 0 Å². The van der Waals surface area contributed by atoms with E-state index in [2.05, 4.69) is 0 Å². The number of anilines is 1. The van der Waals surface area contributed by atoms with Gasteiger partial charge >= 0.3 is 6.03 Å². The molecule has 0 aliphatic heterocycles. The van der Waals surface area contributed by atoms with Crippen LogP contribution in [0.2, 0.25) is 0 Å². The van der Waals surface area contributed by atoms with E-state index in [0.29, 0.717) is 5.69 Å². The fourth-order valence-corrected chi connectivity index (χ4v) is 1.82. The first-order valence-corrected chi connectivity index (χ1v) is 6.27. The third kappa shape index (κ3) is 5.11. The van der Waals surface area contributed by atoms with Crippen molar-refractivity contribution in [2.24, 2.45) is 11.5 Å². The average molecular weight is 293 g/mol. The molecule has 1 unspecified atom stereocenters. The lowest BCUT2D eigenvalue weighted by Crippen LogP contribution is -2.50. The Morgan fingerprint density at radius 3 is 2.38 bits per heavy atom. The second-order valence-electron chi connectivity index (χ2n) is 4.60. The predicted octanol–water partition coefficient (Wildman–Crippen LogP) is -0.860. The zero-order valence-electron chi connectivity index (χ0n) is 11.7. The van der Waals surface area contributed by atoms with E-state index in [1.54, 1.807) is 31.2 Å². The van der Waals surface area contributed by atoms with E-state index in [-0.39, 0.29) is 13.1 Å². The molecule has 1 rings (SSSR count). The molecule has 1 aromatic rings. The number of nitrogen functional groups attached to an aromatic ring is 1. The number of para-hydroxylation sites is 1. The number of primary amides is 2. The molecule has 0 aliphatic carbocycles. The van der Waals surface area contributed by atoms with Gasteiger partial charge in [0.05, 0.1) is 12.6 Å². The summed E-state index contributed by atoms with van der Waals surface area (Å²) in [5.74, 6) is -1.21. The Kier molecular flexibility index (Phi) is 5.67. The van der Waals surface area contributed by atoms with Crippen LogP contribution < -0.4 is 22.5 Å². The number of hydrogen-bond donors (Lipinski definition) is 4. The third-order valence-corrected chi connectivity index (χ3v) is 2.96. The van der Waals surface area contributed by atoms with Crippen LogP contribution in [0.5, 0.6) is 0 Å². The number of benzene rings is 1. The van der Waals surface area contributed by atoms with Gasteiger partial charge in [0.25, 0.3) is 0 Å². The zero-order valence-corrected chi connectivity index (χ0v) is 11.7. The van der Waals surface area contributed by atoms with Crippen LogP contribution in [-0.4, -0.2) is 35.3 Å². The molecule has 114 valence electrons. The van der Waals surface area contributed by atoms with Crippen molar-refractivity contribution >= 4 is 23.5 Å². The number of nitrogens with two attached hydrogens (primary N) is 3. The van der Waals surface area contributed by atoms with Gasteiger partial charge in [-0.2, -0.15) is 0 Å². The highest BCUT2D eigenvalue weighted by molar-refractivity contribution is 5.96. The molecule has 0 bridgehead atoms. The summed E-state index contributed by atoms with van der Waals surface area (Å²) in [6.07, 6.45) is 0. The number of carbonyl (C=O) groups is 3. The quantitative estimate of drug-likeness (QED) is 0.504. The molecule has 1 aromatic carbocycles. The van der Waals surface area contributed by atoms with E-state index in [1.165, 1.54) is 4.90 Å². The highest BCUT2D eigenvalue weighted by atomic mass is 16.2. The van der Waals surface area contributed by atoms with Gasteiger partial charge < -0.3 is 17.2 Å². The Morgan fingerprint density at radius 1 is 1.24 bits per heavy atom. The van der Waals surface area contributed by atoms with Gasteiger partial charge in [-0.05, 0) is 18.6 Å². The van der Waals surface area contributed by atoms with E-state index in [1.807, 2.05) is 5.32 Å². The number of carbonyl (C=O) groups excluding carboxylic acids is 3. The average Bonchev–Trinajstić information content (AvgIpc) is 2.38. The molecule has 0 fully saturated rings. The topological polar surface area (TPSA) is 145 Å². The fourth-order valence-electron chi connectivity index (χ4n) is 1.82. The highest BCUT2D eigenvalue weighted by Crippen LogP contribution is 2.15. The maximum atomic E-state index is 11.8. The van der Waals surface area contributed by atoms with E-state index in [0.717, 1.165) is 5.56 Å². The van der Waals surface area contributed by atoms with Gasteiger partial charge in [0, 0.05) is 12.2 Å². The fraction of sp³-hybridized carbons (Fsp3) is 0.308. The molecule has 1 atom stereocenters. The van der Waals surface area contributed by atoms with Crippen molar-refractivity contribution in [2.75, 3.05) is 12.3 Å². The number of imide groups is 1. The van der Waals surface area contributed by atoms with Crippen molar-refractivity contribution in [3.05, 3.63) is 29.8 Å². The summed E-state index contributed by atoms with van der Waals surface area (Å²) in [5.41, 5.74) is 17.2. The first kappa shape index (κ1) is 16.4. The lowest BCUT2D eigenvalue weighted by Gasteiger charge is -2.27. The molecule has 7 N–H and O–H groups in total. The first-order chi connectivity index (χ1) is 9.81. The van der Waals surface area contributed by atoms with E-state index in [9.17, 15) is 14.4 Å². The molecule has 4 amide bonds. The van der Waals surface area contributed by atoms with Crippen molar-refractivity contribution in [1.82, 2.24) is 10.2 Å². The van der Waals surface area contributed by atoms with E-state index >= 15 is 0 Å². The summed E-state index contributed by atoms with van der Waals surface area (Å²) in [6, 6.07) is 5.34. The van der Waals surface area contributed by atoms with Crippen molar-refractivity contribution < 1.29 is 14.4 Å².